The number of allylic oxidation sites excluding steroid dienone is 6. The molecule has 3 atom stereocenters. The number of hydrogen-bond acceptors (Lipinski definition) is 4. The van der Waals surface area contributed by atoms with Gasteiger partial charge in [0.2, 0.25) is 5.95 Å². The van der Waals surface area contributed by atoms with E-state index in [0.717, 1.165) is 45.8 Å². The second-order valence-electron chi connectivity index (χ2n) is 14.4. The SMILES string of the molecule is C1=CC(C2=CC3c4ccccc4N(c4nc(-c5ccc(-c6ccc(-c7ccccc7)cc6)cc5)c5ccccc5n4)C3C=C2)=C2Oc3ccccc3C2C1. The van der Waals surface area contributed by atoms with Gasteiger partial charge in [-0.25, -0.2) is 9.97 Å². The summed E-state index contributed by atoms with van der Waals surface area (Å²) in [5.74, 6) is 3.15. The van der Waals surface area contributed by atoms with Gasteiger partial charge in [-0.1, -0.05) is 164 Å². The van der Waals surface area contributed by atoms with Gasteiger partial charge in [0.25, 0.3) is 0 Å². The Kier molecular flexibility index (Phi) is 7.09. The summed E-state index contributed by atoms with van der Waals surface area (Å²) in [6, 6.07) is 53.7. The van der Waals surface area contributed by atoms with Crippen LogP contribution in [0.3, 0.4) is 0 Å². The molecular formula is C50H35N3O. The Bertz CT molecular complexity index is 2720. The lowest BCUT2D eigenvalue weighted by Gasteiger charge is -2.29. The molecule has 2 aliphatic carbocycles. The summed E-state index contributed by atoms with van der Waals surface area (Å²) in [5, 5.41) is 1.04. The van der Waals surface area contributed by atoms with E-state index in [-0.39, 0.29) is 17.9 Å². The van der Waals surface area contributed by atoms with E-state index in [2.05, 4.69) is 187 Å². The highest BCUT2D eigenvalue weighted by molar-refractivity contribution is 5.94. The van der Waals surface area contributed by atoms with Gasteiger partial charge in [0.15, 0.2) is 0 Å². The molecule has 3 unspecified atom stereocenters. The minimum atomic E-state index is 0.0389. The van der Waals surface area contributed by atoms with Gasteiger partial charge in [-0.2, -0.15) is 0 Å². The maximum atomic E-state index is 6.52. The van der Waals surface area contributed by atoms with Crippen LogP contribution in [0.1, 0.15) is 29.4 Å². The number of para-hydroxylation sites is 3. The van der Waals surface area contributed by atoms with Crippen molar-refractivity contribution in [1.29, 1.82) is 0 Å². The molecule has 256 valence electrons. The zero-order valence-electron chi connectivity index (χ0n) is 29.5. The number of ether oxygens (including phenoxy) is 1. The summed E-state index contributed by atoms with van der Waals surface area (Å²) in [5.41, 5.74) is 13.8. The van der Waals surface area contributed by atoms with Crippen molar-refractivity contribution in [2.75, 3.05) is 4.90 Å². The molecule has 0 fully saturated rings. The second-order valence-corrected chi connectivity index (χ2v) is 14.4. The fourth-order valence-electron chi connectivity index (χ4n) is 8.77. The molecule has 0 spiro atoms. The predicted octanol–water partition coefficient (Wildman–Crippen LogP) is 12.1. The van der Waals surface area contributed by atoms with Crippen LogP contribution in [0.5, 0.6) is 5.75 Å². The van der Waals surface area contributed by atoms with Gasteiger partial charge in [0.05, 0.1) is 17.3 Å². The molecule has 4 nitrogen and oxygen atoms in total. The highest BCUT2D eigenvalue weighted by Gasteiger charge is 2.41. The second kappa shape index (κ2) is 12.4. The van der Waals surface area contributed by atoms with Gasteiger partial charge in [0, 0.05) is 39.6 Å². The number of rotatable bonds is 5. The third-order valence-corrected chi connectivity index (χ3v) is 11.4. The Hall–Kier alpha value is -6.78. The lowest BCUT2D eigenvalue weighted by molar-refractivity contribution is 0.420. The van der Waals surface area contributed by atoms with Crippen molar-refractivity contribution in [3.63, 3.8) is 0 Å². The minimum absolute atomic E-state index is 0.0389. The fraction of sp³-hybridized carbons (Fsp3) is 0.0800. The zero-order chi connectivity index (χ0) is 35.6. The summed E-state index contributed by atoms with van der Waals surface area (Å²) in [4.78, 5) is 12.9. The Morgan fingerprint density at radius 1 is 0.574 bits per heavy atom. The van der Waals surface area contributed by atoms with E-state index in [1.807, 2.05) is 0 Å². The summed E-state index contributed by atoms with van der Waals surface area (Å²) in [6.07, 6.45) is 12.5. The van der Waals surface area contributed by atoms with Gasteiger partial charge in [-0.05, 0) is 58.0 Å². The third-order valence-electron chi connectivity index (χ3n) is 11.4. The van der Waals surface area contributed by atoms with Gasteiger partial charge in [0.1, 0.15) is 11.5 Å². The summed E-state index contributed by atoms with van der Waals surface area (Å²) in [6.45, 7) is 0. The molecule has 0 saturated carbocycles. The number of benzene rings is 6. The highest BCUT2D eigenvalue weighted by atomic mass is 16.5. The molecule has 6 aromatic carbocycles. The van der Waals surface area contributed by atoms with E-state index in [1.165, 1.54) is 44.5 Å². The first-order valence-electron chi connectivity index (χ1n) is 18.8. The summed E-state index contributed by atoms with van der Waals surface area (Å²) >= 11 is 0. The molecule has 0 amide bonds. The highest BCUT2D eigenvalue weighted by Crippen LogP contribution is 2.51. The van der Waals surface area contributed by atoms with E-state index < -0.39 is 0 Å². The molecule has 54 heavy (non-hydrogen) atoms. The summed E-state index contributed by atoms with van der Waals surface area (Å²) < 4.78 is 6.52. The van der Waals surface area contributed by atoms with Crippen molar-refractivity contribution in [1.82, 2.24) is 9.97 Å². The maximum absolute atomic E-state index is 6.52. The van der Waals surface area contributed by atoms with Crippen LogP contribution in [-0.4, -0.2) is 16.0 Å². The van der Waals surface area contributed by atoms with E-state index >= 15 is 0 Å². The Labute approximate surface area is 314 Å². The predicted molar refractivity (Wildman–Crippen MR) is 219 cm³/mol. The monoisotopic (exact) mass is 693 g/mol. The van der Waals surface area contributed by atoms with Crippen LogP contribution < -0.4 is 9.64 Å². The number of hydrogen-bond donors (Lipinski definition) is 0. The molecule has 0 bridgehead atoms. The molecule has 2 aliphatic heterocycles. The van der Waals surface area contributed by atoms with Gasteiger partial charge >= 0.3 is 0 Å². The van der Waals surface area contributed by atoms with Crippen LogP contribution in [0.25, 0.3) is 44.4 Å². The van der Waals surface area contributed by atoms with E-state index in [1.54, 1.807) is 0 Å². The van der Waals surface area contributed by atoms with Crippen LogP contribution in [0, 0.1) is 0 Å². The lowest BCUT2D eigenvalue weighted by atomic mass is 9.82. The van der Waals surface area contributed by atoms with Crippen molar-refractivity contribution < 1.29 is 4.74 Å². The first kappa shape index (κ1) is 30.8. The molecule has 11 rings (SSSR count). The zero-order valence-corrected chi connectivity index (χ0v) is 29.5. The molecule has 0 N–H and O–H groups in total. The molecule has 1 aromatic heterocycles. The Balaban J connectivity index is 0.952. The van der Waals surface area contributed by atoms with Crippen molar-refractivity contribution in [2.24, 2.45) is 0 Å². The average molecular weight is 694 g/mol. The number of fused-ring (bicyclic) bond motifs is 7. The van der Waals surface area contributed by atoms with Crippen LogP contribution in [0.15, 0.2) is 199 Å². The molecule has 7 aromatic rings. The smallest absolute Gasteiger partial charge is 0.231 e. The van der Waals surface area contributed by atoms with Crippen LogP contribution in [0.2, 0.25) is 0 Å². The average Bonchev–Trinajstić information content (AvgIpc) is 3.79. The van der Waals surface area contributed by atoms with Crippen LogP contribution in [-0.2, 0) is 0 Å². The largest absolute Gasteiger partial charge is 0.460 e. The van der Waals surface area contributed by atoms with Crippen LogP contribution >= 0.6 is 0 Å². The molecule has 4 aliphatic rings. The molecule has 0 saturated heterocycles. The first-order chi connectivity index (χ1) is 26.8. The van der Waals surface area contributed by atoms with Gasteiger partial charge in [-0.15, -0.1) is 0 Å². The lowest BCUT2D eigenvalue weighted by Crippen LogP contribution is -2.30. The number of nitrogens with zero attached hydrogens (tertiary/aromatic N) is 3. The van der Waals surface area contributed by atoms with Gasteiger partial charge < -0.3 is 9.64 Å². The van der Waals surface area contributed by atoms with E-state index in [9.17, 15) is 0 Å². The van der Waals surface area contributed by atoms with Crippen molar-refractivity contribution in [3.05, 3.63) is 210 Å². The maximum Gasteiger partial charge on any atom is 0.231 e. The molecule has 3 heterocycles. The standard InChI is InChI=1S/C50H35N3O/c1-2-11-32(12-3-1)33-21-23-34(24-22-33)35-25-27-36(28-26-35)48-42-15-4-7-18-44(42)51-50(52-48)53-45-19-8-5-13-39(45)43-31-37(29-30-46(43)53)38-16-10-17-41-40-14-6-9-20-47(40)54-49(38)41/h1-16,18-31,41,43,46H,17H2. The quantitative estimate of drug-likeness (QED) is 0.180. The number of anilines is 2. The Morgan fingerprint density at radius 2 is 1.22 bits per heavy atom. The normalized spacial score (nSPS) is 19.2. The fourth-order valence-corrected chi connectivity index (χ4v) is 8.77. The number of aromatic nitrogens is 2. The van der Waals surface area contributed by atoms with Crippen molar-refractivity contribution in [3.8, 4) is 39.3 Å². The third kappa shape index (κ3) is 4.98. The summed E-state index contributed by atoms with van der Waals surface area (Å²) in [7, 11) is 0. The molecular weight excluding hydrogens is 659 g/mol. The minimum Gasteiger partial charge on any atom is -0.460 e. The van der Waals surface area contributed by atoms with Crippen molar-refractivity contribution in [2.45, 2.75) is 24.3 Å². The first-order valence-corrected chi connectivity index (χ1v) is 18.8. The van der Waals surface area contributed by atoms with E-state index in [0.29, 0.717) is 5.95 Å². The van der Waals surface area contributed by atoms with Crippen LogP contribution in [0.4, 0.5) is 11.6 Å². The Morgan fingerprint density at radius 3 is 2.02 bits per heavy atom. The van der Waals surface area contributed by atoms with E-state index in [4.69, 9.17) is 14.7 Å². The molecule has 0 radical (unpaired) electrons. The van der Waals surface area contributed by atoms with Gasteiger partial charge in [-0.3, -0.25) is 0 Å². The topological polar surface area (TPSA) is 38.2 Å². The molecule has 4 heteroatoms. The van der Waals surface area contributed by atoms with Crippen molar-refractivity contribution >= 4 is 22.5 Å².